The van der Waals surface area contributed by atoms with Crippen LogP contribution in [0, 0.1) is 5.92 Å². The molecule has 0 saturated carbocycles. The Morgan fingerprint density at radius 3 is 2.48 bits per heavy atom. The largest absolute Gasteiger partial charge is 0.456 e. The molecule has 0 aromatic carbocycles. The second-order valence-electron chi connectivity index (χ2n) is 7.40. The summed E-state index contributed by atoms with van der Waals surface area (Å²) in [7, 11) is 2.96. The standard InChI is InChI=1S/C19H28N4O6S2/c1-11(2)17-19(28)22-13-10-31-30-6-4-3-5-12(7-14(24)23-17)29-16(26)9-20-15(25)8-21-18(13)27/h3,5,11-13,17H,4,6-10H2,1-2H3,(H,20,25)(H,21,27)(H,22,28)(H,23,24)/b5-3+/t12-,13?,17-/m1/s1. The Morgan fingerprint density at radius 2 is 1.74 bits per heavy atom. The molecule has 2 aliphatic heterocycles. The molecule has 4 amide bonds. The number of ether oxygens (including phenoxy) is 1. The molecule has 2 rings (SSSR count). The van der Waals surface area contributed by atoms with Crippen molar-refractivity contribution in [1.82, 2.24) is 21.3 Å². The van der Waals surface area contributed by atoms with E-state index >= 15 is 0 Å². The fraction of sp³-hybridized carbons (Fsp3) is 0.632. The van der Waals surface area contributed by atoms with Gasteiger partial charge in [-0.3, -0.25) is 24.0 Å². The summed E-state index contributed by atoms with van der Waals surface area (Å²) in [4.78, 5) is 62.1. The van der Waals surface area contributed by atoms with Crippen LogP contribution in [0.3, 0.4) is 0 Å². The molecule has 2 bridgehead atoms. The molecule has 0 aromatic heterocycles. The van der Waals surface area contributed by atoms with Gasteiger partial charge in [0.15, 0.2) is 0 Å². The monoisotopic (exact) mass is 472 g/mol. The van der Waals surface area contributed by atoms with Crippen molar-refractivity contribution in [2.75, 3.05) is 24.6 Å². The van der Waals surface area contributed by atoms with E-state index in [-0.39, 0.29) is 31.2 Å². The minimum atomic E-state index is -0.887. The molecule has 1 unspecified atom stereocenters. The first-order valence-corrected chi connectivity index (χ1v) is 12.5. The van der Waals surface area contributed by atoms with Gasteiger partial charge < -0.3 is 26.0 Å². The number of rotatable bonds is 1. The van der Waals surface area contributed by atoms with E-state index in [4.69, 9.17) is 4.74 Å². The number of esters is 1. The summed E-state index contributed by atoms with van der Waals surface area (Å²) in [6, 6.07) is -1.76. The van der Waals surface area contributed by atoms with Gasteiger partial charge >= 0.3 is 5.97 Å². The van der Waals surface area contributed by atoms with Crippen molar-refractivity contribution in [3.63, 3.8) is 0 Å². The van der Waals surface area contributed by atoms with Gasteiger partial charge in [0.1, 0.15) is 24.7 Å². The van der Waals surface area contributed by atoms with Crippen LogP contribution in [0.15, 0.2) is 12.2 Å². The number of allylic oxidation sites excluding steroid dienone is 1. The van der Waals surface area contributed by atoms with Crippen molar-refractivity contribution in [3.05, 3.63) is 12.2 Å². The minimum Gasteiger partial charge on any atom is -0.456 e. The van der Waals surface area contributed by atoms with Crippen LogP contribution in [0.5, 0.6) is 0 Å². The Labute approximate surface area is 188 Å². The molecule has 1 saturated heterocycles. The van der Waals surface area contributed by atoms with Crippen LogP contribution < -0.4 is 21.3 Å². The lowest BCUT2D eigenvalue weighted by atomic mass is 10.0. The summed E-state index contributed by atoms with van der Waals surface area (Å²) in [5, 5.41) is 10.2. The SMILES string of the molecule is CC(C)[C@H]1NC(=O)C[C@H]2/C=C/CCSSCC(NC1=O)C(=O)NCC(=O)NCC(=O)O2. The van der Waals surface area contributed by atoms with E-state index in [0.29, 0.717) is 6.42 Å². The molecule has 1 fully saturated rings. The Balaban J connectivity index is 2.36. The fourth-order valence-electron chi connectivity index (χ4n) is 2.82. The van der Waals surface area contributed by atoms with Gasteiger partial charge in [-0.1, -0.05) is 41.5 Å². The van der Waals surface area contributed by atoms with Crippen LogP contribution in [-0.2, 0) is 28.7 Å². The maximum absolute atomic E-state index is 12.9. The third-order valence-corrected chi connectivity index (χ3v) is 6.90. The van der Waals surface area contributed by atoms with E-state index in [9.17, 15) is 24.0 Å². The van der Waals surface area contributed by atoms with E-state index in [1.807, 2.05) is 6.08 Å². The van der Waals surface area contributed by atoms with E-state index in [1.165, 1.54) is 21.6 Å². The molecule has 3 atom stereocenters. The average Bonchev–Trinajstić information content (AvgIpc) is 2.71. The van der Waals surface area contributed by atoms with Crippen LogP contribution in [0.1, 0.15) is 26.7 Å². The third-order valence-electron chi connectivity index (χ3n) is 4.46. The average molecular weight is 473 g/mol. The molecule has 10 nitrogen and oxygen atoms in total. The molecule has 0 aromatic rings. The first-order valence-electron chi connectivity index (χ1n) is 10.0. The van der Waals surface area contributed by atoms with E-state index in [0.717, 1.165) is 5.75 Å². The summed E-state index contributed by atoms with van der Waals surface area (Å²) in [6.07, 6.45) is 3.13. The highest BCUT2D eigenvalue weighted by molar-refractivity contribution is 8.76. The Hall–Kier alpha value is -2.21. The van der Waals surface area contributed by atoms with Crippen molar-refractivity contribution in [1.29, 1.82) is 0 Å². The summed E-state index contributed by atoms with van der Waals surface area (Å²) >= 11 is 0. The topological polar surface area (TPSA) is 143 Å². The van der Waals surface area contributed by atoms with Crippen molar-refractivity contribution < 1.29 is 28.7 Å². The van der Waals surface area contributed by atoms with Crippen LogP contribution in [0.25, 0.3) is 0 Å². The van der Waals surface area contributed by atoms with Crippen LogP contribution in [0.2, 0.25) is 0 Å². The maximum Gasteiger partial charge on any atom is 0.326 e. The number of carbonyl (C=O) groups is 5. The van der Waals surface area contributed by atoms with Crippen molar-refractivity contribution >= 4 is 51.2 Å². The van der Waals surface area contributed by atoms with E-state index in [2.05, 4.69) is 21.3 Å². The predicted molar refractivity (Wildman–Crippen MR) is 118 cm³/mol. The van der Waals surface area contributed by atoms with Gasteiger partial charge in [0, 0.05) is 11.5 Å². The number of hydrogen-bond donors (Lipinski definition) is 4. The zero-order valence-electron chi connectivity index (χ0n) is 17.5. The van der Waals surface area contributed by atoms with Gasteiger partial charge in [-0.15, -0.1) is 0 Å². The van der Waals surface area contributed by atoms with Crippen molar-refractivity contribution in [3.8, 4) is 0 Å². The minimum absolute atomic E-state index is 0.168. The first kappa shape index (κ1) is 25.1. The molecule has 0 aliphatic carbocycles. The maximum atomic E-state index is 12.9. The summed E-state index contributed by atoms with van der Waals surface area (Å²) in [5.41, 5.74) is 0. The third kappa shape index (κ3) is 8.82. The van der Waals surface area contributed by atoms with Crippen LogP contribution >= 0.6 is 21.6 Å². The van der Waals surface area contributed by atoms with Gasteiger partial charge in [0.2, 0.25) is 23.6 Å². The number of nitrogens with one attached hydrogen (secondary N) is 4. The Morgan fingerprint density at radius 1 is 0.968 bits per heavy atom. The van der Waals surface area contributed by atoms with Gasteiger partial charge in [0.25, 0.3) is 0 Å². The quantitative estimate of drug-likeness (QED) is 0.227. The van der Waals surface area contributed by atoms with Crippen molar-refractivity contribution in [2.45, 2.75) is 44.9 Å². The van der Waals surface area contributed by atoms with Gasteiger partial charge in [-0.05, 0) is 18.4 Å². The zero-order chi connectivity index (χ0) is 22.8. The fourth-order valence-corrected chi connectivity index (χ4v) is 4.97. The number of amides is 4. The molecule has 2 aliphatic rings. The smallest absolute Gasteiger partial charge is 0.326 e. The molecule has 4 N–H and O–H groups in total. The van der Waals surface area contributed by atoms with Crippen LogP contribution in [0.4, 0.5) is 0 Å². The second-order valence-corrected chi connectivity index (χ2v) is 10.0. The second kappa shape index (κ2) is 12.6. The summed E-state index contributed by atoms with van der Waals surface area (Å²) in [6.45, 7) is 2.82. The van der Waals surface area contributed by atoms with Crippen LogP contribution in [-0.4, -0.2) is 72.4 Å². The molecule has 0 spiro atoms. The lowest BCUT2D eigenvalue weighted by Gasteiger charge is -2.26. The molecule has 172 valence electrons. The Kier molecular flexibility index (Phi) is 10.2. The molecular weight excluding hydrogens is 444 g/mol. The van der Waals surface area contributed by atoms with E-state index < -0.39 is 47.8 Å². The normalized spacial score (nSPS) is 28.5. The lowest BCUT2D eigenvalue weighted by molar-refractivity contribution is -0.148. The predicted octanol–water partition coefficient (Wildman–Crippen LogP) is -0.499. The zero-order valence-corrected chi connectivity index (χ0v) is 19.1. The van der Waals surface area contributed by atoms with Crippen molar-refractivity contribution in [2.24, 2.45) is 5.92 Å². The molecule has 2 heterocycles. The highest BCUT2D eigenvalue weighted by Crippen LogP contribution is 2.23. The molecular formula is C19H28N4O6S2. The van der Waals surface area contributed by atoms with E-state index in [1.54, 1.807) is 19.9 Å². The number of hydrogen-bond acceptors (Lipinski definition) is 8. The highest BCUT2D eigenvalue weighted by atomic mass is 33.1. The Bertz CT molecular complexity index is 730. The first-order chi connectivity index (χ1) is 14.8. The number of fused-ring (bicyclic) bond motifs is 7. The molecule has 31 heavy (non-hydrogen) atoms. The molecule has 0 radical (unpaired) electrons. The summed E-state index contributed by atoms with van der Waals surface area (Å²) < 4.78 is 5.33. The molecule has 12 heteroatoms. The summed E-state index contributed by atoms with van der Waals surface area (Å²) in [5.74, 6) is -1.99. The van der Waals surface area contributed by atoms with Gasteiger partial charge in [0.05, 0.1) is 13.0 Å². The van der Waals surface area contributed by atoms with Gasteiger partial charge in [-0.25, -0.2) is 0 Å². The lowest BCUT2D eigenvalue weighted by Crippen LogP contribution is -2.57. The highest BCUT2D eigenvalue weighted by Gasteiger charge is 2.30. The number of carbonyl (C=O) groups excluding carboxylic acids is 5. The van der Waals surface area contributed by atoms with Gasteiger partial charge in [-0.2, -0.15) is 0 Å².